The summed E-state index contributed by atoms with van der Waals surface area (Å²) in [6.45, 7) is 4.00. The Labute approximate surface area is 197 Å². The maximum atomic E-state index is 13.5. The molecule has 33 heavy (non-hydrogen) atoms. The minimum absolute atomic E-state index is 0.145. The van der Waals surface area contributed by atoms with Crippen molar-refractivity contribution in [2.75, 3.05) is 10.2 Å². The molecule has 1 N–H and O–H groups in total. The van der Waals surface area contributed by atoms with E-state index in [1.54, 1.807) is 30.3 Å². The number of amides is 2. The summed E-state index contributed by atoms with van der Waals surface area (Å²) in [5.74, 6) is -1.34. The minimum atomic E-state index is -0.463. The second-order valence-electron chi connectivity index (χ2n) is 8.06. The van der Waals surface area contributed by atoms with Crippen molar-refractivity contribution in [2.24, 2.45) is 0 Å². The first kappa shape index (κ1) is 22.7. The number of rotatable bonds is 7. The molecule has 0 fully saturated rings. The van der Waals surface area contributed by atoms with Crippen LogP contribution in [0.5, 0.6) is 0 Å². The molecule has 1 heterocycles. The summed E-state index contributed by atoms with van der Waals surface area (Å²) in [4.78, 5) is 28.1. The molecule has 0 aliphatic carbocycles. The van der Waals surface area contributed by atoms with Gasteiger partial charge in [0.1, 0.15) is 11.5 Å². The molecule has 4 nitrogen and oxygen atoms in total. The second-order valence-corrected chi connectivity index (χ2v) is 8.49. The van der Waals surface area contributed by atoms with Gasteiger partial charge in [-0.2, -0.15) is 0 Å². The van der Waals surface area contributed by atoms with Gasteiger partial charge in [-0.1, -0.05) is 49.2 Å². The van der Waals surface area contributed by atoms with Gasteiger partial charge in [0.25, 0.3) is 11.8 Å². The fraction of sp³-hybridized carbons (Fsp3) is 0.185. The molecule has 6 heteroatoms. The first-order valence-electron chi connectivity index (χ1n) is 10.9. The Balaban J connectivity index is 1.74. The lowest BCUT2D eigenvalue weighted by atomic mass is 10.0. The third-order valence-corrected chi connectivity index (χ3v) is 5.91. The number of imide groups is 1. The van der Waals surface area contributed by atoms with Crippen LogP contribution in [-0.2, 0) is 16.0 Å². The number of anilines is 2. The molecule has 3 aromatic carbocycles. The number of carbonyl (C=O) groups is 2. The van der Waals surface area contributed by atoms with Gasteiger partial charge in [-0.05, 0) is 78.9 Å². The summed E-state index contributed by atoms with van der Waals surface area (Å²) in [5, 5.41) is 3.71. The lowest BCUT2D eigenvalue weighted by Crippen LogP contribution is -2.32. The Morgan fingerprint density at radius 3 is 2.27 bits per heavy atom. The maximum absolute atomic E-state index is 13.5. The molecule has 4 rings (SSSR count). The zero-order valence-corrected chi connectivity index (χ0v) is 19.2. The molecule has 0 bridgehead atoms. The van der Waals surface area contributed by atoms with Crippen LogP contribution in [0.25, 0.3) is 5.57 Å². The molecule has 1 aliphatic rings. The third kappa shape index (κ3) is 4.69. The van der Waals surface area contributed by atoms with E-state index in [9.17, 15) is 14.0 Å². The molecular weight excluding hydrogens is 439 g/mol. The first-order chi connectivity index (χ1) is 15.9. The highest BCUT2D eigenvalue weighted by atomic mass is 35.5. The lowest BCUT2D eigenvalue weighted by molar-refractivity contribution is -0.120. The van der Waals surface area contributed by atoms with Gasteiger partial charge in [-0.3, -0.25) is 9.59 Å². The molecule has 0 spiro atoms. The summed E-state index contributed by atoms with van der Waals surface area (Å²) < 4.78 is 13.5. The molecule has 0 aromatic heterocycles. The van der Waals surface area contributed by atoms with E-state index in [2.05, 4.69) is 12.2 Å². The molecule has 0 saturated heterocycles. The van der Waals surface area contributed by atoms with Crippen molar-refractivity contribution in [2.45, 2.75) is 33.1 Å². The van der Waals surface area contributed by atoms with E-state index >= 15 is 0 Å². The average molecular weight is 463 g/mol. The normalized spacial score (nSPS) is 13.8. The maximum Gasteiger partial charge on any atom is 0.282 e. The molecule has 0 saturated carbocycles. The van der Waals surface area contributed by atoms with Crippen LogP contribution < -0.4 is 10.2 Å². The molecular formula is C27H24ClFN2O2. The lowest BCUT2D eigenvalue weighted by Gasteiger charge is -2.16. The van der Waals surface area contributed by atoms with Gasteiger partial charge in [0.15, 0.2) is 0 Å². The summed E-state index contributed by atoms with van der Waals surface area (Å²) in [5.41, 5.74) is 3.94. The van der Waals surface area contributed by atoms with Crippen LogP contribution in [0.15, 0.2) is 72.4 Å². The first-order valence-corrected chi connectivity index (χ1v) is 11.3. The number of hydrogen-bond acceptors (Lipinski definition) is 3. The smallest absolute Gasteiger partial charge is 0.282 e. The van der Waals surface area contributed by atoms with Crippen molar-refractivity contribution in [3.05, 3.63) is 100.0 Å². The Kier molecular flexibility index (Phi) is 6.61. The van der Waals surface area contributed by atoms with Gasteiger partial charge in [0, 0.05) is 10.7 Å². The van der Waals surface area contributed by atoms with Crippen molar-refractivity contribution in [3.8, 4) is 0 Å². The van der Waals surface area contributed by atoms with Gasteiger partial charge in [0.05, 0.1) is 11.3 Å². The number of nitrogens with zero attached hydrogens (tertiary/aromatic N) is 1. The Hall–Kier alpha value is -3.44. The number of benzene rings is 3. The predicted molar refractivity (Wildman–Crippen MR) is 131 cm³/mol. The van der Waals surface area contributed by atoms with Crippen molar-refractivity contribution < 1.29 is 14.0 Å². The van der Waals surface area contributed by atoms with Crippen LogP contribution >= 0.6 is 11.6 Å². The monoisotopic (exact) mass is 462 g/mol. The largest absolute Gasteiger partial charge is 0.350 e. The van der Waals surface area contributed by atoms with Gasteiger partial charge in [-0.15, -0.1) is 0 Å². The number of halogens is 2. The number of aryl methyl sites for hydroxylation is 2. The number of carbonyl (C=O) groups excluding carboxylic acids is 2. The average Bonchev–Trinajstić information content (AvgIpc) is 3.04. The van der Waals surface area contributed by atoms with Crippen LogP contribution in [0.4, 0.5) is 15.8 Å². The van der Waals surface area contributed by atoms with Crippen molar-refractivity contribution >= 4 is 40.4 Å². The predicted octanol–water partition coefficient (Wildman–Crippen LogP) is 6.53. The molecule has 0 atom stereocenters. The van der Waals surface area contributed by atoms with Gasteiger partial charge in [0.2, 0.25) is 0 Å². The highest BCUT2D eigenvalue weighted by molar-refractivity contribution is 6.46. The van der Waals surface area contributed by atoms with E-state index in [0.29, 0.717) is 22.0 Å². The van der Waals surface area contributed by atoms with Crippen molar-refractivity contribution in [1.29, 1.82) is 0 Å². The minimum Gasteiger partial charge on any atom is -0.350 e. The second kappa shape index (κ2) is 9.59. The van der Waals surface area contributed by atoms with Crippen LogP contribution in [0.1, 0.15) is 36.5 Å². The van der Waals surface area contributed by atoms with E-state index in [-0.39, 0.29) is 11.3 Å². The zero-order valence-electron chi connectivity index (χ0n) is 18.5. The highest BCUT2D eigenvalue weighted by Gasteiger charge is 2.40. The van der Waals surface area contributed by atoms with E-state index in [4.69, 9.17) is 11.6 Å². The van der Waals surface area contributed by atoms with Gasteiger partial charge in [-0.25, -0.2) is 9.29 Å². The Morgan fingerprint density at radius 2 is 1.64 bits per heavy atom. The fourth-order valence-corrected chi connectivity index (χ4v) is 4.09. The van der Waals surface area contributed by atoms with Crippen molar-refractivity contribution in [3.63, 3.8) is 0 Å². The van der Waals surface area contributed by atoms with Crippen molar-refractivity contribution in [1.82, 2.24) is 0 Å². The van der Waals surface area contributed by atoms with Gasteiger partial charge >= 0.3 is 0 Å². The standard InChI is InChI=1S/C27H24ClFN2O2/c1-3-4-5-18-6-13-22(14-7-18)31-26(32)24(19-8-11-21(29)12-9-19)25(27(31)33)30-23-15-10-20(28)16-17(23)2/h6-16,30H,3-5H2,1-2H3. The Bertz CT molecular complexity index is 1230. The molecule has 168 valence electrons. The Morgan fingerprint density at radius 1 is 0.939 bits per heavy atom. The number of nitrogens with one attached hydrogen (secondary N) is 1. The molecule has 3 aromatic rings. The topological polar surface area (TPSA) is 49.4 Å². The van der Waals surface area contributed by atoms with Crippen LogP contribution in [-0.4, -0.2) is 11.8 Å². The van der Waals surface area contributed by atoms with E-state index < -0.39 is 17.6 Å². The summed E-state index contributed by atoms with van der Waals surface area (Å²) in [6.07, 6.45) is 3.11. The SMILES string of the molecule is CCCCc1ccc(N2C(=O)C(Nc3ccc(Cl)cc3C)=C(c3ccc(F)cc3)C2=O)cc1. The summed E-state index contributed by atoms with van der Waals surface area (Å²) in [6, 6.07) is 18.3. The highest BCUT2D eigenvalue weighted by Crippen LogP contribution is 2.35. The van der Waals surface area contributed by atoms with E-state index in [1.807, 2.05) is 19.1 Å². The van der Waals surface area contributed by atoms with E-state index in [1.165, 1.54) is 24.3 Å². The van der Waals surface area contributed by atoms with Gasteiger partial charge < -0.3 is 5.32 Å². The van der Waals surface area contributed by atoms with E-state index in [0.717, 1.165) is 35.3 Å². The summed E-state index contributed by atoms with van der Waals surface area (Å²) >= 11 is 6.07. The molecule has 1 aliphatic heterocycles. The van der Waals surface area contributed by atoms with Crippen LogP contribution in [0.3, 0.4) is 0 Å². The number of unbranched alkanes of at least 4 members (excludes halogenated alkanes) is 1. The molecule has 2 amide bonds. The molecule has 0 radical (unpaired) electrons. The quantitative estimate of drug-likeness (QED) is 0.406. The fourth-order valence-electron chi connectivity index (χ4n) is 3.86. The molecule has 0 unspecified atom stereocenters. The number of hydrogen-bond donors (Lipinski definition) is 1. The zero-order chi connectivity index (χ0) is 23.5. The van der Waals surface area contributed by atoms with Crippen LogP contribution in [0, 0.1) is 12.7 Å². The summed E-state index contributed by atoms with van der Waals surface area (Å²) in [7, 11) is 0. The third-order valence-electron chi connectivity index (χ3n) is 5.68. The van der Waals surface area contributed by atoms with Crippen LogP contribution in [0.2, 0.25) is 5.02 Å².